The summed E-state index contributed by atoms with van der Waals surface area (Å²) in [6.07, 6.45) is 3.27. The number of hydrogen-bond acceptors (Lipinski definition) is 2. The van der Waals surface area contributed by atoms with Crippen molar-refractivity contribution in [2.45, 2.75) is 19.3 Å². The Bertz CT molecular complexity index is 320. The molecule has 0 unspecified atom stereocenters. The predicted octanol–water partition coefficient (Wildman–Crippen LogP) is 3.36. The summed E-state index contributed by atoms with van der Waals surface area (Å²) < 4.78 is 19.0. The predicted molar refractivity (Wildman–Crippen MR) is 67.4 cm³/mol. The van der Waals surface area contributed by atoms with Crippen LogP contribution in [0.15, 0.2) is 22.7 Å². The van der Waals surface area contributed by atoms with E-state index in [1.807, 2.05) is 7.05 Å². The lowest BCUT2D eigenvalue weighted by Gasteiger charge is -2.06. The van der Waals surface area contributed by atoms with Crippen molar-refractivity contribution in [1.82, 2.24) is 5.32 Å². The van der Waals surface area contributed by atoms with E-state index >= 15 is 0 Å². The van der Waals surface area contributed by atoms with Gasteiger partial charge in [0.15, 0.2) is 0 Å². The maximum Gasteiger partial charge on any atom is 0.141 e. The molecule has 1 rings (SSSR count). The molecule has 0 aliphatic heterocycles. The quantitative estimate of drug-likeness (QED) is 0.777. The highest BCUT2D eigenvalue weighted by molar-refractivity contribution is 9.10. The Balaban J connectivity index is 2.19. The van der Waals surface area contributed by atoms with Crippen LogP contribution < -0.4 is 10.1 Å². The molecule has 0 amide bonds. The van der Waals surface area contributed by atoms with Crippen molar-refractivity contribution in [2.75, 3.05) is 20.2 Å². The van der Waals surface area contributed by atoms with Gasteiger partial charge in [0.25, 0.3) is 0 Å². The van der Waals surface area contributed by atoms with Crippen molar-refractivity contribution in [1.29, 1.82) is 0 Å². The lowest BCUT2D eigenvalue weighted by atomic mass is 10.2. The van der Waals surface area contributed by atoms with Gasteiger partial charge in [-0.15, -0.1) is 0 Å². The Hall–Kier alpha value is -0.610. The molecule has 0 spiro atoms. The van der Waals surface area contributed by atoms with Gasteiger partial charge in [-0.1, -0.05) is 0 Å². The van der Waals surface area contributed by atoms with Gasteiger partial charge in [0, 0.05) is 6.07 Å². The van der Waals surface area contributed by atoms with Gasteiger partial charge in [-0.2, -0.15) is 0 Å². The van der Waals surface area contributed by atoms with Crippen LogP contribution in [0.25, 0.3) is 0 Å². The third-order valence-electron chi connectivity index (χ3n) is 2.23. The second-order valence-corrected chi connectivity index (χ2v) is 4.44. The van der Waals surface area contributed by atoms with Crippen LogP contribution in [-0.4, -0.2) is 20.2 Å². The van der Waals surface area contributed by atoms with Crippen molar-refractivity contribution in [3.05, 3.63) is 28.5 Å². The zero-order valence-corrected chi connectivity index (χ0v) is 11.0. The average molecular weight is 290 g/mol. The number of nitrogens with one attached hydrogen (secondary N) is 1. The Morgan fingerprint density at radius 2 is 2.12 bits per heavy atom. The first-order valence-corrected chi connectivity index (χ1v) is 6.26. The zero-order valence-electron chi connectivity index (χ0n) is 9.43. The third-order valence-corrected chi connectivity index (χ3v) is 2.87. The van der Waals surface area contributed by atoms with Gasteiger partial charge in [-0.05, 0) is 60.9 Å². The minimum Gasteiger partial charge on any atom is -0.493 e. The Morgan fingerprint density at radius 3 is 2.81 bits per heavy atom. The summed E-state index contributed by atoms with van der Waals surface area (Å²) in [6.45, 7) is 1.68. The number of rotatable bonds is 7. The second-order valence-electron chi connectivity index (χ2n) is 3.59. The lowest BCUT2D eigenvalue weighted by molar-refractivity contribution is 0.303. The highest BCUT2D eigenvalue weighted by Crippen LogP contribution is 2.20. The van der Waals surface area contributed by atoms with E-state index in [4.69, 9.17) is 4.74 Å². The molecule has 0 atom stereocenters. The molecule has 0 saturated carbocycles. The highest BCUT2D eigenvalue weighted by atomic mass is 79.9. The van der Waals surface area contributed by atoms with Crippen molar-refractivity contribution in [3.8, 4) is 5.75 Å². The fourth-order valence-corrected chi connectivity index (χ4v) is 1.58. The highest BCUT2D eigenvalue weighted by Gasteiger charge is 2.00. The minimum absolute atomic E-state index is 0.285. The van der Waals surface area contributed by atoms with Gasteiger partial charge < -0.3 is 10.1 Å². The van der Waals surface area contributed by atoms with E-state index in [0.29, 0.717) is 16.8 Å². The number of unbranched alkanes of at least 4 members (excludes halogenated alkanes) is 2. The smallest absolute Gasteiger partial charge is 0.141 e. The number of halogens is 2. The maximum atomic E-state index is 13.1. The van der Waals surface area contributed by atoms with Gasteiger partial charge in [0.05, 0.1) is 11.1 Å². The summed E-state index contributed by atoms with van der Waals surface area (Å²) >= 11 is 3.10. The van der Waals surface area contributed by atoms with Gasteiger partial charge in [-0.3, -0.25) is 0 Å². The molecule has 2 nitrogen and oxygen atoms in total. The first-order valence-electron chi connectivity index (χ1n) is 5.46. The van der Waals surface area contributed by atoms with E-state index in [2.05, 4.69) is 21.2 Å². The largest absolute Gasteiger partial charge is 0.493 e. The molecule has 0 heterocycles. The minimum atomic E-state index is -0.285. The van der Waals surface area contributed by atoms with Crippen LogP contribution in [0, 0.1) is 5.82 Å². The van der Waals surface area contributed by atoms with E-state index in [9.17, 15) is 4.39 Å². The maximum absolute atomic E-state index is 13.1. The number of ether oxygens (including phenoxy) is 1. The van der Waals surface area contributed by atoms with Gasteiger partial charge in [0.1, 0.15) is 11.6 Å². The first kappa shape index (κ1) is 13.5. The molecular weight excluding hydrogens is 273 g/mol. The number of hydrogen-bond donors (Lipinski definition) is 1. The molecule has 0 aromatic heterocycles. The SMILES string of the molecule is CNCCCCCOc1ccc(Br)c(F)c1. The third kappa shape index (κ3) is 4.94. The van der Waals surface area contributed by atoms with Crippen LogP contribution in [0.1, 0.15) is 19.3 Å². The molecule has 4 heteroatoms. The standard InChI is InChI=1S/C12H17BrFNO/c1-15-7-3-2-4-8-16-10-5-6-11(13)12(14)9-10/h5-6,9,15H,2-4,7-8H2,1H3. The monoisotopic (exact) mass is 289 g/mol. The van der Waals surface area contributed by atoms with Crippen molar-refractivity contribution in [3.63, 3.8) is 0 Å². The summed E-state index contributed by atoms with van der Waals surface area (Å²) in [7, 11) is 1.95. The van der Waals surface area contributed by atoms with Crippen LogP contribution >= 0.6 is 15.9 Å². The average Bonchev–Trinajstić information content (AvgIpc) is 2.28. The van der Waals surface area contributed by atoms with Gasteiger partial charge in [0.2, 0.25) is 0 Å². The summed E-state index contributed by atoms with van der Waals surface area (Å²) in [6, 6.07) is 4.82. The summed E-state index contributed by atoms with van der Waals surface area (Å²) in [5.74, 6) is 0.307. The van der Waals surface area contributed by atoms with Crippen LogP contribution in [0.4, 0.5) is 4.39 Å². The van der Waals surface area contributed by atoms with E-state index in [0.717, 1.165) is 25.8 Å². The normalized spacial score (nSPS) is 10.4. The lowest BCUT2D eigenvalue weighted by Crippen LogP contribution is -2.07. The molecule has 0 bridgehead atoms. The molecule has 0 fully saturated rings. The van der Waals surface area contributed by atoms with Crippen LogP contribution in [-0.2, 0) is 0 Å². The molecule has 0 aliphatic carbocycles. The molecule has 1 N–H and O–H groups in total. The molecular formula is C12H17BrFNO. The molecule has 0 saturated heterocycles. The van der Waals surface area contributed by atoms with Crippen LogP contribution in [0.3, 0.4) is 0 Å². The fourth-order valence-electron chi connectivity index (χ4n) is 1.34. The van der Waals surface area contributed by atoms with Crippen LogP contribution in [0.5, 0.6) is 5.75 Å². The molecule has 1 aromatic carbocycles. The van der Waals surface area contributed by atoms with Crippen molar-refractivity contribution < 1.29 is 9.13 Å². The van der Waals surface area contributed by atoms with Crippen LogP contribution in [0.2, 0.25) is 0 Å². The topological polar surface area (TPSA) is 21.3 Å². The summed E-state index contributed by atoms with van der Waals surface area (Å²) in [5.41, 5.74) is 0. The molecule has 90 valence electrons. The Labute approximate surface area is 104 Å². The van der Waals surface area contributed by atoms with Gasteiger partial charge >= 0.3 is 0 Å². The summed E-state index contributed by atoms with van der Waals surface area (Å²) in [4.78, 5) is 0. The number of benzene rings is 1. The molecule has 0 aliphatic rings. The van der Waals surface area contributed by atoms with Gasteiger partial charge in [-0.25, -0.2) is 4.39 Å². The molecule has 16 heavy (non-hydrogen) atoms. The summed E-state index contributed by atoms with van der Waals surface area (Å²) in [5, 5.41) is 3.09. The Kier molecular flexibility index (Phi) is 6.42. The van der Waals surface area contributed by atoms with E-state index in [1.165, 1.54) is 6.07 Å². The molecule has 1 aromatic rings. The van der Waals surface area contributed by atoms with E-state index < -0.39 is 0 Å². The van der Waals surface area contributed by atoms with E-state index in [-0.39, 0.29) is 5.82 Å². The second kappa shape index (κ2) is 7.63. The zero-order chi connectivity index (χ0) is 11.8. The first-order chi connectivity index (χ1) is 7.74. The fraction of sp³-hybridized carbons (Fsp3) is 0.500. The van der Waals surface area contributed by atoms with E-state index in [1.54, 1.807) is 12.1 Å². The molecule has 0 radical (unpaired) electrons. The van der Waals surface area contributed by atoms with Crippen molar-refractivity contribution in [2.24, 2.45) is 0 Å². The van der Waals surface area contributed by atoms with Crippen molar-refractivity contribution >= 4 is 15.9 Å². The Morgan fingerprint density at radius 1 is 1.31 bits per heavy atom.